The van der Waals surface area contributed by atoms with Crippen molar-refractivity contribution in [3.63, 3.8) is 0 Å². The number of aromatic nitrogens is 2. The number of likely N-dealkylation sites (N-methyl/N-ethyl adjacent to an activating group) is 1. The summed E-state index contributed by atoms with van der Waals surface area (Å²) in [7, 11) is 3.72. The number of carbonyl (C=O) groups is 1. The summed E-state index contributed by atoms with van der Waals surface area (Å²) in [6.07, 6.45) is 5.59. The maximum absolute atomic E-state index is 12.3. The van der Waals surface area contributed by atoms with Gasteiger partial charge in [-0.3, -0.25) is 9.48 Å². The van der Waals surface area contributed by atoms with E-state index in [0.29, 0.717) is 6.54 Å². The topological polar surface area (TPSA) is 50.2 Å². The molecule has 5 nitrogen and oxygen atoms in total. The normalized spacial score (nSPS) is 21.8. The van der Waals surface area contributed by atoms with Crippen molar-refractivity contribution < 1.29 is 4.79 Å². The van der Waals surface area contributed by atoms with Gasteiger partial charge in [0.1, 0.15) is 0 Å². The molecule has 2 rings (SSSR count). The predicted molar refractivity (Wildman–Crippen MR) is 77.4 cm³/mol. The van der Waals surface area contributed by atoms with E-state index in [2.05, 4.69) is 17.0 Å². The molecule has 1 aromatic heterocycles. The SMILES string of the molecule is C=CCN(C)C(=O)[C@H]1CNC[C@@H]1c1cnn(C)c1.Cl. The van der Waals surface area contributed by atoms with Gasteiger partial charge in [0.05, 0.1) is 12.1 Å². The Balaban J connectivity index is 0.00000180. The highest BCUT2D eigenvalue weighted by Crippen LogP contribution is 2.28. The first-order chi connectivity index (χ1) is 8.63. The zero-order valence-electron chi connectivity index (χ0n) is 11.4. The van der Waals surface area contributed by atoms with Gasteiger partial charge in [-0.15, -0.1) is 19.0 Å². The van der Waals surface area contributed by atoms with E-state index < -0.39 is 0 Å². The Labute approximate surface area is 120 Å². The summed E-state index contributed by atoms with van der Waals surface area (Å²) >= 11 is 0. The Kier molecular flexibility index (Phi) is 5.57. The molecule has 6 heteroatoms. The molecule has 0 aromatic carbocycles. The molecule has 1 aromatic rings. The maximum atomic E-state index is 12.3. The van der Waals surface area contributed by atoms with E-state index in [9.17, 15) is 4.79 Å². The first-order valence-corrected chi connectivity index (χ1v) is 6.18. The molecule has 1 aliphatic heterocycles. The molecule has 1 saturated heterocycles. The molecule has 1 amide bonds. The number of hydrogen-bond acceptors (Lipinski definition) is 3. The van der Waals surface area contributed by atoms with Crippen LogP contribution in [-0.4, -0.2) is 47.3 Å². The Bertz CT molecular complexity index is 446. The van der Waals surface area contributed by atoms with Gasteiger partial charge in [0.15, 0.2) is 0 Å². The van der Waals surface area contributed by atoms with Crippen LogP contribution in [0.4, 0.5) is 0 Å². The van der Waals surface area contributed by atoms with Gasteiger partial charge in [0, 0.05) is 45.8 Å². The number of aryl methyl sites for hydroxylation is 1. The lowest BCUT2D eigenvalue weighted by Crippen LogP contribution is -2.36. The number of rotatable bonds is 4. The third kappa shape index (κ3) is 3.36. The van der Waals surface area contributed by atoms with E-state index in [1.54, 1.807) is 15.7 Å². The van der Waals surface area contributed by atoms with Crippen molar-refractivity contribution in [1.29, 1.82) is 0 Å². The minimum absolute atomic E-state index is 0. The molecule has 106 valence electrons. The molecule has 0 radical (unpaired) electrons. The van der Waals surface area contributed by atoms with Gasteiger partial charge in [-0.05, 0) is 5.56 Å². The van der Waals surface area contributed by atoms with E-state index in [-0.39, 0.29) is 30.2 Å². The molecule has 1 fully saturated rings. The second-order valence-electron chi connectivity index (χ2n) is 4.83. The van der Waals surface area contributed by atoms with Crippen LogP contribution in [0.5, 0.6) is 0 Å². The summed E-state index contributed by atoms with van der Waals surface area (Å²) in [4.78, 5) is 14.1. The fourth-order valence-corrected chi connectivity index (χ4v) is 2.49. The van der Waals surface area contributed by atoms with Crippen molar-refractivity contribution in [2.24, 2.45) is 13.0 Å². The molecule has 0 aliphatic carbocycles. The summed E-state index contributed by atoms with van der Waals surface area (Å²) in [6.45, 7) is 5.83. The van der Waals surface area contributed by atoms with Crippen molar-refractivity contribution in [1.82, 2.24) is 20.0 Å². The lowest BCUT2D eigenvalue weighted by Gasteiger charge is -2.23. The van der Waals surface area contributed by atoms with Crippen LogP contribution in [0.15, 0.2) is 25.0 Å². The molecule has 0 spiro atoms. The molecule has 2 heterocycles. The summed E-state index contributed by atoms with van der Waals surface area (Å²) in [5, 5.41) is 7.48. The quantitative estimate of drug-likeness (QED) is 0.832. The molecule has 0 bridgehead atoms. The van der Waals surface area contributed by atoms with E-state index in [4.69, 9.17) is 0 Å². The number of nitrogens with zero attached hydrogens (tertiary/aromatic N) is 3. The van der Waals surface area contributed by atoms with Gasteiger partial charge < -0.3 is 10.2 Å². The lowest BCUT2D eigenvalue weighted by atomic mass is 9.90. The second kappa shape index (κ2) is 6.73. The predicted octanol–water partition coefficient (Wildman–Crippen LogP) is 0.789. The standard InChI is InChI=1S/C13H20N4O.ClH/c1-4-5-16(2)13(18)12-8-14-7-11(12)10-6-15-17(3)9-10;/h4,6,9,11-12,14H,1,5,7-8H2,2-3H3;1H/t11-,12+;/m1./s1. The van der Waals surface area contributed by atoms with Crippen molar-refractivity contribution in [2.45, 2.75) is 5.92 Å². The Morgan fingerprint density at radius 3 is 3.00 bits per heavy atom. The van der Waals surface area contributed by atoms with Crippen LogP contribution in [0.3, 0.4) is 0 Å². The van der Waals surface area contributed by atoms with Gasteiger partial charge in [-0.2, -0.15) is 5.10 Å². The zero-order chi connectivity index (χ0) is 13.1. The van der Waals surface area contributed by atoms with Gasteiger partial charge >= 0.3 is 0 Å². The number of nitrogens with one attached hydrogen (secondary N) is 1. The number of carbonyl (C=O) groups excluding carboxylic acids is 1. The fourth-order valence-electron chi connectivity index (χ4n) is 2.49. The second-order valence-corrected chi connectivity index (χ2v) is 4.83. The highest BCUT2D eigenvalue weighted by molar-refractivity contribution is 5.85. The fraction of sp³-hybridized carbons (Fsp3) is 0.538. The summed E-state index contributed by atoms with van der Waals surface area (Å²) in [5.74, 6) is 0.395. The Morgan fingerprint density at radius 2 is 2.42 bits per heavy atom. The average molecular weight is 285 g/mol. The van der Waals surface area contributed by atoms with Crippen molar-refractivity contribution in [2.75, 3.05) is 26.7 Å². The van der Waals surface area contributed by atoms with E-state index in [0.717, 1.165) is 18.7 Å². The Morgan fingerprint density at radius 1 is 1.68 bits per heavy atom. The van der Waals surface area contributed by atoms with E-state index in [1.807, 2.05) is 26.5 Å². The summed E-state index contributed by atoms with van der Waals surface area (Å²) in [5.41, 5.74) is 1.13. The van der Waals surface area contributed by atoms with Gasteiger partial charge in [-0.1, -0.05) is 6.08 Å². The summed E-state index contributed by atoms with van der Waals surface area (Å²) in [6, 6.07) is 0. The molecule has 1 N–H and O–H groups in total. The van der Waals surface area contributed by atoms with Crippen LogP contribution in [0, 0.1) is 5.92 Å². The largest absolute Gasteiger partial charge is 0.342 e. The Hall–Kier alpha value is -1.33. The van der Waals surface area contributed by atoms with Gasteiger partial charge in [0.2, 0.25) is 5.91 Å². The average Bonchev–Trinajstić information content (AvgIpc) is 2.96. The van der Waals surface area contributed by atoms with E-state index in [1.165, 1.54) is 0 Å². The van der Waals surface area contributed by atoms with Crippen LogP contribution < -0.4 is 5.32 Å². The van der Waals surface area contributed by atoms with Gasteiger partial charge in [0.25, 0.3) is 0 Å². The number of halogens is 1. The van der Waals surface area contributed by atoms with E-state index >= 15 is 0 Å². The highest BCUT2D eigenvalue weighted by Gasteiger charge is 2.35. The van der Waals surface area contributed by atoms with Crippen molar-refractivity contribution >= 4 is 18.3 Å². The highest BCUT2D eigenvalue weighted by atomic mass is 35.5. The van der Waals surface area contributed by atoms with Crippen LogP contribution in [0.1, 0.15) is 11.5 Å². The minimum atomic E-state index is -0.000787. The first-order valence-electron chi connectivity index (χ1n) is 6.18. The van der Waals surface area contributed by atoms with Crippen LogP contribution >= 0.6 is 12.4 Å². The monoisotopic (exact) mass is 284 g/mol. The molecule has 0 saturated carbocycles. The molecule has 1 aliphatic rings. The third-order valence-corrected chi connectivity index (χ3v) is 3.46. The minimum Gasteiger partial charge on any atom is -0.342 e. The molecule has 0 unspecified atom stereocenters. The van der Waals surface area contributed by atoms with Crippen molar-refractivity contribution in [3.05, 3.63) is 30.6 Å². The van der Waals surface area contributed by atoms with Crippen LogP contribution in [0.25, 0.3) is 0 Å². The zero-order valence-corrected chi connectivity index (χ0v) is 12.2. The summed E-state index contributed by atoms with van der Waals surface area (Å²) < 4.78 is 1.78. The molecule has 2 atom stereocenters. The van der Waals surface area contributed by atoms with Gasteiger partial charge in [-0.25, -0.2) is 0 Å². The molecular weight excluding hydrogens is 264 g/mol. The lowest BCUT2D eigenvalue weighted by molar-refractivity contribution is -0.133. The molecule has 19 heavy (non-hydrogen) atoms. The number of amides is 1. The maximum Gasteiger partial charge on any atom is 0.227 e. The third-order valence-electron chi connectivity index (χ3n) is 3.46. The van der Waals surface area contributed by atoms with Crippen molar-refractivity contribution in [3.8, 4) is 0 Å². The van der Waals surface area contributed by atoms with Crippen LogP contribution in [0.2, 0.25) is 0 Å². The molecular formula is C13H21ClN4O. The number of hydrogen-bond donors (Lipinski definition) is 1. The first kappa shape index (κ1) is 15.7. The smallest absolute Gasteiger partial charge is 0.227 e. The van der Waals surface area contributed by atoms with Crippen LogP contribution in [-0.2, 0) is 11.8 Å².